The van der Waals surface area contributed by atoms with Gasteiger partial charge in [-0.3, -0.25) is 9.78 Å². The summed E-state index contributed by atoms with van der Waals surface area (Å²) in [5, 5.41) is -0.549. The molecule has 1 aromatic carbocycles. The largest absolute Gasteiger partial charge is 0.490 e. The van der Waals surface area contributed by atoms with Crippen molar-refractivity contribution in [1.29, 1.82) is 0 Å². The molecule has 2 aromatic rings. The number of halogens is 2. The average Bonchev–Trinajstić information content (AvgIpc) is 3.49. The number of aromatic nitrogens is 1. The fraction of sp³-hybridized carbons (Fsp3) is 0.429. The number of aryl methyl sites for hydroxylation is 1. The van der Waals surface area contributed by atoms with Crippen molar-refractivity contribution in [1.82, 2.24) is 9.71 Å². The first-order valence-electron chi connectivity index (χ1n) is 10.1. The highest BCUT2D eigenvalue weighted by atomic mass is 35.5. The molecule has 1 atom stereocenters. The lowest BCUT2D eigenvalue weighted by molar-refractivity contribution is 0.0977. The van der Waals surface area contributed by atoms with E-state index in [2.05, 4.69) is 9.88 Å². The van der Waals surface area contributed by atoms with Crippen LogP contribution in [0.3, 0.4) is 0 Å². The Kier molecular flexibility index (Phi) is 6.07. The molecule has 2 fully saturated rings. The summed E-state index contributed by atoms with van der Waals surface area (Å²) in [5.41, 5.74) is 1.50. The maximum atomic E-state index is 14.5. The summed E-state index contributed by atoms with van der Waals surface area (Å²) in [5.74, 6) is -1.82. The van der Waals surface area contributed by atoms with Crippen molar-refractivity contribution < 1.29 is 22.3 Å². The van der Waals surface area contributed by atoms with Crippen molar-refractivity contribution in [3.63, 3.8) is 0 Å². The Hall–Kier alpha value is -2.39. The van der Waals surface area contributed by atoms with Gasteiger partial charge in [0.1, 0.15) is 18.2 Å². The molecule has 0 bridgehead atoms. The molecule has 1 aliphatic carbocycles. The van der Waals surface area contributed by atoms with Gasteiger partial charge in [0.05, 0.1) is 33.8 Å². The van der Waals surface area contributed by atoms with E-state index < -0.39 is 32.6 Å². The Morgan fingerprint density at radius 2 is 2.10 bits per heavy atom. The number of anilines is 1. The number of benzene rings is 1. The van der Waals surface area contributed by atoms with Crippen molar-refractivity contribution in [2.24, 2.45) is 0 Å². The number of nitrogens with one attached hydrogen (secondary N) is 1. The van der Waals surface area contributed by atoms with E-state index in [0.717, 1.165) is 42.9 Å². The maximum Gasteiger partial charge on any atom is 0.267 e. The summed E-state index contributed by atoms with van der Waals surface area (Å²) in [6.07, 6.45) is 4.72. The number of carbonyl (C=O) groups is 1. The summed E-state index contributed by atoms with van der Waals surface area (Å²) in [4.78, 5) is 18.8. The minimum absolute atomic E-state index is 0.0388. The Bertz CT molecular complexity index is 1090. The monoisotopic (exact) mass is 467 g/mol. The van der Waals surface area contributed by atoms with Gasteiger partial charge in [0.25, 0.3) is 5.91 Å². The molecule has 166 valence electrons. The van der Waals surface area contributed by atoms with Crippen molar-refractivity contribution in [2.75, 3.05) is 18.1 Å². The predicted molar refractivity (Wildman–Crippen MR) is 116 cm³/mol. The van der Waals surface area contributed by atoms with Gasteiger partial charge < -0.3 is 9.64 Å². The van der Waals surface area contributed by atoms with E-state index in [1.165, 1.54) is 0 Å². The van der Waals surface area contributed by atoms with Crippen LogP contribution in [0.25, 0.3) is 0 Å². The lowest BCUT2D eigenvalue weighted by Crippen LogP contribution is -2.34. The van der Waals surface area contributed by atoms with E-state index in [1.54, 1.807) is 0 Å². The van der Waals surface area contributed by atoms with Crippen molar-refractivity contribution in [2.45, 2.75) is 43.9 Å². The van der Waals surface area contributed by atoms with Crippen molar-refractivity contribution in [3.05, 3.63) is 52.6 Å². The smallest absolute Gasteiger partial charge is 0.267 e. The number of hydrogen-bond donors (Lipinski definition) is 1. The molecular formula is C21H23ClFN3O4S. The zero-order valence-corrected chi connectivity index (χ0v) is 18.5. The second kappa shape index (κ2) is 8.63. The fourth-order valence-electron chi connectivity index (χ4n) is 3.62. The quantitative estimate of drug-likeness (QED) is 0.671. The highest BCUT2D eigenvalue weighted by Crippen LogP contribution is 2.31. The van der Waals surface area contributed by atoms with Gasteiger partial charge in [0, 0.05) is 18.3 Å². The molecule has 4 rings (SSSR count). The molecule has 7 nitrogen and oxygen atoms in total. The number of rotatable bonds is 7. The number of pyridine rings is 1. The molecule has 2 heterocycles. The van der Waals surface area contributed by atoms with Crippen LogP contribution in [0.5, 0.6) is 5.75 Å². The highest BCUT2D eigenvalue weighted by molar-refractivity contribution is 7.91. The summed E-state index contributed by atoms with van der Waals surface area (Å²) in [6.45, 7) is 3.08. The summed E-state index contributed by atoms with van der Waals surface area (Å²) in [6, 6.07) is 6.16. The molecule has 1 aliphatic heterocycles. The van der Waals surface area contributed by atoms with Gasteiger partial charge in [-0.05, 0) is 50.8 Å². The van der Waals surface area contributed by atoms with Crippen molar-refractivity contribution >= 4 is 33.2 Å². The standard InChI is InChI=1S/C21H23ClFN3O4S/c1-13-4-5-14(11-24-13)26-8-2-3-15(26)12-30-20-10-19(23)17(9-18(20)22)21(27)25-31(28,29)16-6-7-16/h4-5,9-11,15-16H,2-3,6-8,12H2,1H3,(H,25,27)/t15-/m1/s1. The normalized spacial score (nSPS) is 18.8. The van der Waals surface area contributed by atoms with E-state index in [4.69, 9.17) is 16.3 Å². The predicted octanol–water partition coefficient (Wildman–Crippen LogP) is 3.45. The summed E-state index contributed by atoms with van der Waals surface area (Å²) >= 11 is 6.20. The van der Waals surface area contributed by atoms with E-state index in [0.29, 0.717) is 12.8 Å². The van der Waals surface area contributed by atoms with Crippen LogP contribution in [0, 0.1) is 12.7 Å². The van der Waals surface area contributed by atoms with E-state index in [-0.39, 0.29) is 23.4 Å². The first kappa shape index (κ1) is 21.8. The van der Waals surface area contributed by atoms with Crippen LogP contribution in [0.15, 0.2) is 30.5 Å². The van der Waals surface area contributed by atoms with Crippen LogP contribution >= 0.6 is 11.6 Å². The van der Waals surface area contributed by atoms with Gasteiger partial charge in [0.2, 0.25) is 10.0 Å². The molecule has 2 aliphatic rings. The van der Waals surface area contributed by atoms with Gasteiger partial charge in [0.15, 0.2) is 0 Å². The van der Waals surface area contributed by atoms with Crippen molar-refractivity contribution in [3.8, 4) is 5.75 Å². The maximum absolute atomic E-state index is 14.5. The molecule has 0 spiro atoms. The Morgan fingerprint density at radius 1 is 1.32 bits per heavy atom. The van der Waals surface area contributed by atoms with Gasteiger partial charge in [-0.2, -0.15) is 0 Å². The number of amides is 1. The lowest BCUT2D eigenvalue weighted by Gasteiger charge is -2.26. The third kappa shape index (κ3) is 4.93. The third-order valence-electron chi connectivity index (χ3n) is 5.50. The SMILES string of the molecule is Cc1ccc(N2CCC[C@@H]2COc2cc(F)c(C(=O)NS(=O)(=O)C3CC3)cc2Cl)cn1. The molecule has 1 saturated carbocycles. The topological polar surface area (TPSA) is 88.6 Å². The van der Waals surface area contributed by atoms with Gasteiger partial charge in [-0.25, -0.2) is 17.5 Å². The van der Waals surface area contributed by atoms with Crippen LogP contribution < -0.4 is 14.4 Å². The van der Waals surface area contributed by atoms with Gasteiger partial charge in [-0.15, -0.1) is 0 Å². The van der Waals surface area contributed by atoms with Crippen LogP contribution in [-0.4, -0.2) is 43.8 Å². The minimum atomic E-state index is -3.78. The molecule has 0 unspecified atom stereocenters. The molecule has 0 radical (unpaired) electrons. The zero-order valence-electron chi connectivity index (χ0n) is 17.0. The van der Waals surface area contributed by atoms with Crippen LogP contribution in [0.4, 0.5) is 10.1 Å². The molecular weight excluding hydrogens is 445 g/mol. The second-order valence-electron chi connectivity index (χ2n) is 7.90. The molecule has 31 heavy (non-hydrogen) atoms. The lowest BCUT2D eigenvalue weighted by atomic mass is 10.2. The third-order valence-corrected chi connectivity index (χ3v) is 7.61. The van der Waals surface area contributed by atoms with Gasteiger partial charge in [-0.1, -0.05) is 11.6 Å². The Balaban J connectivity index is 1.43. The number of nitrogens with zero attached hydrogens (tertiary/aromatic N) is 2. The molecule has 1 saturated heterocycles. The van der Waals surface area contributed by atoms with Crippen LogP contribution in [0.2, 0.25) is 5.02 Å². The zero-order chi connectivity index (χ0) is 22.2. The minimum Gasteiger partial charge on any atom is -0.490 e. The second-order valence-corrected chi connectivity index (χ2v) is 10.3. The van der Waals surface area contributed by atoms with E-state index in [9.17, 15) is 17.6 Å². The van der Waals surface area contributed by atoms with Crippen LogP contribution in [-0.2, 0) is 10.0 Å². The van der Waals surface area contributed by atoms with Gasteiger partial charge >= 0.3 is 0 Å². The Labute approximate surface area is 185 Å². The number of carbonyl (C=O) groups excluding carboxylic acids is 1. The molecule has 1 aromatic heterocycles. The molecule has 10 heteroatoms. The number of sulfonamides is 1. The average molecular weight is 468 g/mol. The number of ether oxygens (including phenoxy) is 1. The Morgan fingerprint density at radius 3 is 2.77 bits per heavy atom. The van der Waals surface area contributed by atoms with E-state index >= 15 is 0 Å². The molecule has 1 N–H and O–H groups in total. The number of hydrogen-bond acceptors (Lipinski definition) is 6. The summed E-state index contributed by atoms with van der Waals surface area (Å²) in [7, 11) is -3.78. The molecule has 1 amide bonds. The first-order valence-corrected chi connectivity index (χ1v) is 12.0. The highest BCUT2D eigenvalue weighted by Gasteiger charge is 2.37. The van der Waals surface area contributed by atoms with E-state index in [1.807, 2.05) is 30.0 Å². The van der Waals surface area contributed by atoms with Crippen LogP contribution in [0.1, 0.15) is 41.7 Å². The first-order chi connectivity index (χ1) is 14.7. The summed E-state index contributed by atoms with van der Waals surface area (Å²) < 4.78 is 46.1. The fourth-order valence-corrected chi connectivity index (χ4v) is 5.13.